The summed E-state index contributed by atoms with van der Waals surface area (Å²) < 4.78 is 77.5. The van der Waals surface area contributed by atoms with E-state index < -0.39 is 44.4 Å². The van der Waals surface area contributed by atoms with Gasteiger partial charge in [0.05, 0.1) is 11.6 Å². The number of benzene rings is 2. The molecule has 0 saturated heterocycles. The molecule has 0 aliphatic rings. The molecule has 0 unspecified atom stereocenters. The predicted octanol–water partition coefficient (Wildman–Crippen LogP) is 2.83. The van der Waals surface area contributed by atoms with Crippen LogP contribution in [0.1, 0.15) is 18.1 Å². The average molecular weight is 404 g/mol. The van der Waals surface area contributed by atoms with Crippen LogP contribution in [0.5, 0.6) is 0 Å². The zero-order chi connectivity index (χ0) is 20.2. The first-order valence-electron chi connectivity index (χ1n) is 7.71. The SMILES string of the molecule is C[C@H](NS(=O)(=O)c1ccccc1F)C(=O)NCc1ccc(C(F)(F)F)cc1. The number of nitrogens with one attached hydrogen (secondary N) is 2. The molecule has 0 aromatic heterocycles. The van der Waals surface area contributed by atoms with Gasteiger partial charge in [0.15, 0.2) is 0 Å². The first-order valence-corrected chi connectivity index (χ1v) is 9.20. The van der Waals surface area contributed by atoms with Crippen LogP contribution in [0.25, 0.3) is 0 Å². The fraction of sp³-hybridized carbons (Fsp3) is 0.235. The average Bonchev–Trinajstić information content (AvgIpc) is 2.59. The summed E-state index contributed by atoms with van der Waals surface area (Å²) in [6.07, 6.45) is -4.46. The second-order valence-electron chi connectivity index (χ2n) is 5.69. The third-order valence-electron chi connectivity index (χ3n) is 3.60. The van der Waals surface area contributed by atoms with Crippen LogP contribution in [-0.4, -0.2) is 20.4 Å². The molecule has 10 heteroatoms. The summed E-state index contributed by atoms with van der Waals surface area (Å²) in [7, 11) is -4.25. The number of amides is 1. The molecule has 5 nitrogen and oxygen atoms in total. The molecule has 0 radical (unpaired) electrons. The van der Waals surface area contributed by atoms with E-state index in [4.69, 9.17) is 0 Å². The highest BCUT2D eigenvalue weighted by Gasteiger charge is 2.30. The lowest BCUT2D eigenvalue weighted by atomic mass is 10.1. The largest absolute Gasteiger partial charge is 0.416 e. The summed E-state index contributed by atoms with van der Waals surface area (Å²) in [5.41, 5.74) is -0.413. The molecule has 0 bridgehead atoms. The number of carbonyl (C=O) groups is 1. The van der Waals surface area contributed by atoms with E-state index in [-0.39, 0.29) is 6.54 Å². The minimum Gasteiger partial charge on any atom is -0.351 e. The third-order valence-corrected chi connectivity index (χ3v) is 5.17. The zero-order valence-corrected chi connectivity index (χ0v) is 14.9. The van der Waals surface area contributed by atoms with Crippen LogP contribution in [-0.2, 0) is 27.5 Å². The van der Waals surface area contributed by atoms with E-state index in [9.17, 15) is 30.8 Å². The van der Waals surface area contributed by atoms with Crippen LogP contribution >= 0.6 is 0 Å². The molecule has 1 atom stereocenters. The normalized spacial score (nSPS) is 13.2. The van der Waals surface area contributed by atoms with Crippen molar-refractivity contribution in [2.45, 2.75) is 30.6 Å². The molecular formula is C17H16F4N2O3S. The Balaban J connectivity index is 1.97. The fourth-order valence-electron chi connectivity index (χ4n) is 2.17. The quantitative estimate of drug-likeness (QED) is 0.727. The highest BCUT2D eigenvalue weighted by molar-refractivity contribution is 7.89. The number of hydrogen-bond donors (Lipinski definition) is 2. The van der Waals surface area contributed by atoms with E-state index in [0.717, 1.165) is 24.3 Å². The lowest BCUT2D eigenvalue weighted by Gasteiger charge is -2.15. The van der Waals surface area contributed by atoms with Gasteiger partial charge in [-0.1, -0.05) is 24.3 Å². The highest BCUT2D eigenvalue weighted by atomic mass is 32.2. The maximum Gasteiger partial charge on any atom is 0.416 e. The Hall–Kier alpha value is -2.46. The van der Waals surface area contributed by atoms with E-state index in [1.165, 1.54) is 31.2 Å². The smallest absolute Gasteiger partial charge is 0.351 e. The molecule has 0 fully saturated rings. The fourth-order valence-corrected chi connectivity index (χ4v) is 3.45. The molecule has 2 N–H and O–H groups in total. The van der Waals surface area contributed by atoms with Crippen molar-refractivity contribution in [3.05, 3.63) is 65.5 Å². The van der Waals surface area contributed by atoms with Crippen LogP contribution in [0.15, 0.2) is 53.4 Å². The van der Waals surface area contributed by atoms with Crippen LogP contribution in [0, 0.1) is 5.82 Å². The maximum atomic E-state index is 13.6. The van der Waals surface area contributed by atoms with Gasteiger partial charge in [0.25, 0.3) is 0 Å². The Bertz CT molecular complexity index is 913. The van der Waals surface area contributed by atoms with E-state index in [1.807, 2.05) is 4.72 Å². The van der Waals surface area contributed by atoms with Gasteiger partial charge in [-0.25, -0.2) is 12.8 Å². The first-order chi connectivity index (χ1) is 12.5. The molecular weight excluding hydrogens is 388 g/mol. The van der Waals surface area contributed by atoms with E-state index in [1.54, 1.807) is 0 Å². The summed E-state index contributed by atoms with van der Waals surface area (Å²) in [4.78, 5) is 11.4. The third kappa shape index (κ3) is 5.51. The van der Waals surface area contributed by atoms with Gasteiger partial charge in [0, 0.05) is 6.54 Å². The molecule has 27 heavy (non-hydrogen) atoms. The minimum absolute atomic E-state index is 0.0945. The van der Waals surface area contributed by atoms with Gasteiger partial charge in [-0.05, 0) is 36.8 Å². The second kappa shape index (κ2) is 8.05. The lowest BCUT2D eigenvalue weighted by molar-refractivity contribution is -0.137. The van der Waals surface area contributed by atoms with Crippen molar-refractivity contribution in [2.75, 3.05) is 0 Å². The molecule has 2 aromatic carbocycles. The van der Waals surface area contributed by atoms with Crippen molar-refractivity contribution in [1.29, 1.82) is 0 Å². The Morgan fingerprint density at radius 3 is 2.22 bits per heavy atom. The maximum absolute atomic E-state index is 13.6. The summed E-state index contributed by atoms with van der Waals surface area (Å²) in [6, 6.07) is 7.66. The van der Waals surface area contributed by atoms with Crippen LogP contribution in [0.3, 0.4) is 0 Å². The zero-order valence-electron chi connectivity index (χ0n) is 14.0. The number of carbonyl (C=O) groups excluding carboxylic acids is 1. The molecule has 0 aliphatic carbocycles. The first kappa shape index (κ1) is 20.8. The Kier molecular flexibility index (Phi) is 6.22. The van der Waals surface area contributed by atoms with Gasteiger partial charge in [-0.15, -0.1) is 0 Å². The van der Waals surface area contributed by atoms with Gasteiger partial charge in [0.2, 0.25) is 15.9 Å². The number of hydrogen-bond acceptors (Lipinski definition) is 3. The van der Waals surface area contributed by atoms with Gasteiger partial charge in [-0.3, -0.25) is 4.79 Å². The molecule has 1 amide bonds. The standard InChI is InChI=1S/C17H16F4N2O3S/c1-11(23-27(25,26)15-5-3-2-4-14(15)18)16(24)22-10-12-6-8-13(9-7-12)17(19,20)21/h2-9,11,23H,10H2,1H3,(H,22,24)/t11-/m0/s1. The number of alkyl halides is 3. The Labute approximate surface area is 153 Å². The molecule has 0 saturated carbocycles. The molecule has 0 spiro atoms. The number of rotatable bonds is 6. The monoisotopic (exact) mass is 404 g/mol. The summed E-state index contributed by atoms with van der Waals surface area (Å²) in [5.74, 6) is -1.67. The van der Waals surface area contributed by atoms with Crippen LogP contribution in [0.4, 0.5) is 17.6 Å². The molecule has 146 valence electrons. The lowest BCUT2D eigenvalue weighted by Crippen LogP contribution is -2.44. The topological polar surface area (TPSA) is 75.3 Å². The Morgan fingerprint density at radius 1 is 1.07 bits per heavy atom. The minimum atomic E-state index is -4.46. The second-order valence-corrected chi connectivity index (χ2v) is 7.37. The molecule has 0 aliphatic heterocycles. The van der Waals surface area contributed by atoms with Crippen molar-refractivity contribution in [3.63, 3.8) is 0 Å². The predicted molar refractivity (Wildman–Crippen MR) is 89.5 cm³/mol. The summed E-state index contributed by atoms with van der Waals surface area (Å²) in [6.45, 7) is 1.17. The number of halogens is 4. The van der Waals surface area contributed by atoms with Gasteiger partial charge >= 0.3 is 6.18 Å². The van der Waals surface area contributed by atoms with E-state index in [2.05, 4.69) is 5.32 Å². The van der Waals surface area contributed by atoms with E-state index >= 15 is 0 Å². The molecule has 0 heterocycles. The summed E-state index contributed by atoms with van der Waals surface area (Å²) >= 11 is 0. The number of sulfonamides is 1. The van der Waals surface area contributed by atoms with Crippen LogP contribution < -0.4 is 10.0 Å². The molecule has 2 rings (SSSR count). The highest BCUT2D eigenvalue weighted by Crippen LogP contribution is 2.29. The Morgan fingerprint density at radius 2 is 1.67 bits per heavy atom. The van der Waals surface area contributed by atoms with Gasteiger partial charge in [-0.2, -0.15) is 17.9 Å². The van der Waals surface area contributed by atoms with Crippen molar-refractivity contribution in [3.8, 4) is 0 Å². The summed E-state index contributed by atoms with van der Waals surface area (Å²) in [5, 5.41) is 2.40. The van der Waals surface area contributed by atoms with Crippen LogP contribution in [0.2, 0.25) is 0 Å². The van der Waals surface area contributed by atoms with Crippen molar-refractivity contribution in [2.24, 2.45) is 0 Å². The van der Waals surface area contributed by atoms with Crippen molar-refractivity contribution < 1.29 is 30.8 Å². The van der Waals surface area contributed by atoms with Crippen molar-refractivity contribution >= 4 is 15.9 Å². The van der Waals surface area contributed by atoms with Gasteiger partial charge < -0.3 is 5.32 Å². The van der Waals surface area contributed by atoms with Crippen molar-refractivity contribution in [1.82, 2.24) is 10.0 Å². The molecule has 2 aromatic rings. The van der Waals surface area contributed by atoms with Gasteiger partial charge in [0.1, 0.15) is 10.7 Å². The van der Waals surface area contributed by atoms with E-state index in [0.29, 0.717) is 5.56 Å².